The molecule has 5 rings (SSSR count). The van der Waals surface area contributed by atoms with Crippen LogP contribution in [0.3, 0.4) is 0 Å². The second kappa shape index (κ2) is 6.23. The predicted molar refractivity (Wildman–Crippen MR) is 99.9 cm³/mol. The van der Waals surface area contributed by atoms with Crippen molar-refractivity contribution < 1.29 is 13.6 Å². The van der Waals surface area contributed by atoms with Crippen LogP contribution in [0.4, 0.5) is 4.39 Å². The number of likely N-dealkylation sites (tertiary alicyclic amines) is 1. The number of imidazole rings is 1. The van der Waals surface area contributed by atoms with Crippen molar-refractivity contribution >= 4 is 27.9 Å². The van der Waals surface area contributed by atoms with Crippen LogP contribution in [0.15, 0.2) is 53.1 Å². The molecule has 4 aromatic rings. The molecular formula is C21H18FN3O2. The third-order valence-electron chi connectivity index (χ3n) is 5.24. The fraction of sp³-hybridized carbons (Fsp3) is 0.238. The molecule has 5 nitrogen and oxygen atoms in total. The zero-order valence-corrected chi connectivity index (χ0v) is 14.6. The van der Waals surface area contributed by atoms with Gasteiger partial charge in [0, 0.05) is 17.5 Å². The van der Waals surface area contributed by atoms with Crippen LogP contribution in [0.1, 0.15) is 41.5 Å². The third kappa shape index (κ3) is 2.77. The van der Waals surface area contributed by atoms with E-state index < -0.39 is 0 Å². The molecule has 0 spiro atoms. The number of piperidine rings is 1. The number of carbonyl (C=O) groups excluding carboxylic acids is 1. The van der Waals surface area contributed by atoms with Gasteiger partial charge in [-0.1, -0.05) is 0 Å². The molecule has 1 fully saturated rings. The SMILES string of the molecule is O=C(c1ccc2occc2c1)N1CCCCC1c1nc2ccc(F)cc2[nH]1. The minimum Gasteiger partial charge on any atom is -0.464 e. The molecule has 27 heavy (non-hydrogen) atoms. The molecule has 0 bridgehead atoms. The first kappa shape index (κ1) is 16.1. The number of halogens is 1. The lowest BCUT2D eigenvalue weighted by molar-refractivity contribution is 0.0601. The van der Waals surface area contributed by atoms with Gasteiger partial charge in [-0.05, 0) is 61.7 Å². The summed E-state index contributed by atoms with van der Waals surface area (Å²) in [5.41, 5.74) is 2.77. The first-order chi connectivity index (χ1) is 13.2. The minimum atomic E-state index is -0.303. The van der Waals surface area contributed by atoms with Gasteiger partial charge < -0.3 is 14.3 Å². The Balaban J connectivity index is 1.51. The monoisotopic (exact) mass is 363 g/mol. The van der Waals surface area contributed by atoms with Crippen LogP contribution in [-0.2, 0) is 0 Å². The van der Waals surface area contributed by atoms with Gasteiger partial charge >= 0.3 is 0 Å². The van der Waals surface area contributed by atoms with Gasteiger partial charge in [-0.3, -0.25) is 4.79 Å². The number of nitrogens with one attached hydrogen (secondary N) is 1. The molecule has 1 atom stereocenters. The van der Waals surface area contributed by atoms with E-state index in [1.807, 2.05) is 23.1 Å². The van der Waals surface area contributed by atoms with E-state index in [1.54, 1.807) is 18.4 Å². The highest BCUT2D eigenvalue weighted by Crippen LogP contribution is 2.32. The summed E-state index contributed by atoms with van der Waals surface area (Å²) in [4.78, 5) is 22.9. The third-order valence-corrected chi connectivity index (χ3v) is 5.24. The predicted octanol–water partition coefficient (Wildman–Crippen LogP) is 4.82. The second-order valence-corrected chi connectivity index (χ2v) is 6.97. The van der Waals surface area contributed by atoms with E-state index in [2.05, 4.69) is 9.97 Å². The first-order valence-corrected chi connectivity index (χ1v) is 9.12. The molecule has 3 heterocycles. The lowest BCUT2D eigenvalue weighted by Crippen LogP contribution is -2.39. The molecule has 1 amide bonds. The molecule has 2 aromatic carbocycles. The van der Waals surface area contributed by atoms with Gasteiger partial charge in [0.05, 0.1) is 23.3 Å². The maximum absolute atomic E-state index is 13.5. The number of hydrogen-bond donors (Lipinski definition) is 1. The highest BCUT2D eigenvalue weighted by atomic mass is 19.1. The van der Waals surface area contributed by atoms with E-state index in [4.69, 9.17) is 4.42 Å². The molecule has 1 saturated heterocycles. The number of furan rings is 1. The van der Waals surface area contributed by atoms with Gasteiger partial charge in [0.25, 0.3) is 5.91 Å². The van der Waals surface area contributed by atoms with Crippen LogP contribution in [0.2, 0.25) is 0 Å². The topological polar surface area (TPSA) is 62.1 Å². The summed E-state index contributed by atoms with van der Waals surface area (Å²) < 4.78 is 18.9. The number of fused-ring (bicyclic) bond motifs is 2. The van der Waals surface area contributed by atoms with Crippen molar-refractivity contribution in [1.82, 2.24) is 14.9 Å². The van der Waals surface area contributed by atoms with Crippen LogP contribution in [0.5, 0.6) is 0 Å². The molecule has 1 aliphatic heterocycles. The molecule has 1 N–H and O–H groups in total. The summed E-state index contributed by atoms with van der Waals surface area (Å²) in [5, 5.41) is 0.911. The summed E-state index contributed by atoms with van der Waals surface area (Å²) in [5.74, 6) is 0.394. The number of benzene rings is 2. The van der Waals surface area contributed by atoms with Crippen LogP contribution in [0.25, 0.3) is 22.0 Å². The average Bonchev–Trinajstić information content (AvgIpc) is 3.33. The van der Waals surface area contributed by atoms with Gasteiger partial charge in [0.1, 0.15) is 17.2 Å². The number of nitrogens with zero attached hydrogens (tertiary/aromatic N) is 2. The Hall–Kier alpha value is -3.15. The Morgan fingerprint density at radius 2 is 2.11 bits per heavy atom. The Morgan fingerprint density at radius 3 is 3.04 bits per heavy atom. The maximum Gasteiger partial charge on any atom is 0.254 e. The highest BCUT2D eigenvalue weighted by Gasteiger charge is 2.31. The van der Waals surface area contributed by atoms with Crippen molar-refractivity contribution in [2.75, 3.05) is 6.54 Å². The summed E-state index contributed by atoms with van der Waals surface area (Å²) in [6.07, 6.45) is 4.45. The largest absolute Gasteiger partial charge is 0.464 e. The zero-order valence-electron chi connectivity index (χ0n) is 14.6. The minimum absolute atomic E-state index is 0.0190. The van der Waals surface area contributed by atoms with Crippen molar-refractivity contribution in [2.45, 2.75) is 25.3 Å². The molecule has 1 aliphatic rings. The van der Waals surface area contributed by atoms with Crippen molar-refractivity contribution in [3.8, 4) is 0 Å². The van der Waals surface area contributed by atoms with Gasteiger partial charge in [-0.15, -0.1) is 0 Å². The highest BCUT2D eigenvalue weighted by molar-refractivity contribution is 5.98. The number of rotatable bonds is 2. The quantitative estimate of drug-likeness (QED) is 0.556. The molecule has 6 heteroatoms. The first-order valence-electron chi connectivity index (χ1n) is 9.12. The molecule has 0 saturated carbocycles. The van der Waals surface area contributed by atoms with Gasteiger partial charge in [0.2, 0.25) is 0 Å². The van der Waals surface area contributed by atoms with E-state index in [9.17, 15) is 9.18 Å². The zero-order chi connectivity index (χ0) is 18.4. The Kier molecular flexibility index (Phi) is 3.70. The number of amides is 1. The lowest BCUT2D eigenvalue weighted by Gasteiger charge is -2.34. The standard InChI is InChI=1S/C21H18FN3O2/c22-15-5-6-16-17(12-15)24-20(23-16)18-3-1-2-9-25(18)21(26)14-4-7-19-13(11-14)8-10-27-19/h4-8,10-12,18H,1-3,9H2,(H,23,24). The van der Waals surface area contributed by atoms with Crippen LogP contribution in [0, 0.1) is 5.82 Å². The van der Waals surface area contributed by atoms with Crippen molar-refractivity contribution in [3.63, 3.8) is 0 Å². The molecule has 136 valence electrons. The molecule has 1 unspecified atom stereocenters. The van der Waals surface area contributed by atoms with Crippen LogP contribution in [-0.4, -0.2) is 27.3 Å². The van der Waals surface area contributed by atoms with Crippen molar-refractivity contribution in [3.05, 3.63) is 65.9 Å². The van der Waals surface area contributed by atoms with Crippen molar-refractivity contribution in [2.24, 2.45) is 0 Å². The number of aromatic nitrogens is 2. The van der Waals surface area contributed by atoms with E-state index in [1.165, 1.54) is 12.1 Å². The molecule has 0 radical (unpaired) electrons. The van der Waals surface area contributed by atoms with Gasteiger partial charge in [0.15, 0.2) is 0 Å². The number of carbonyl (C=O) groups is 1. The lowest BCUT2D eigenvalue weighted by atomic mass is 10.00. The molecular weight excluding hydrogens is 345 g/mol. The Labute approximate surface area is 154 Å². The Bertz CT molecular complexity index is 1150. The summed E-state index contributed by atoms with van der Waals surface area (Å²) in [6.45, 7) is 0.679. The summed E-state index contributed by atoms with van der Waals surface area (Å²) >= 11 is 0. The number of aromatic amines is 1. The Morgan fingerprint density at radius 1 is 1.19 bits per heavy atom. The summed E-state index contributed by atoms with van der Waals surface area (Å²) in [6, 6.07) is 11.7. The number of hydrogen-bond acceptors (Lipinski definition) is 3. The van der Waals surface area contributed by atoms with E-state index >= 15 is 0 Å². The van der Waals surface area contributed by atoms with Gasteiger partial charge in [-0.25, -0.2) is 9.37 Å². The summed E-state index contributed by atoms with van der Waals surface area (Å²) in [7, 11) is 0. The van der Waals surface area contributed by atoms with Crippen LogP contribution >= 0.6 is 0 Å². The molecule has 0 aliphatic carbocycles. The van der Waals surface area contributed by atoms with E-state index in [0.29, 0.717) is 29.0 Å². The fourth-order valence-corrected chi connectivity index (χ4v) is 3.88. The average molecular weight is 363 g/mol. The van der Waals surface area contributed by atoms with E-state index in [0.717, 1.165) is 30.2 Å². The number of H-pyrrole nitrogens is 1. The molecule has 2 aromatic heterocycles. The fourth-order valence-electron chi connectivity index (χ4n) is 3.88. The smallest absolute Gasteiger partial charge is 0.254 e. The normalized spacial score (nSPS) is 17.7. The maximum atomic E-state index is 13.5. The van der Waals surface area contributed by atoms with Crippen molar-refractivity contribution in [1.29, 1.82) is 0 Å². The van der Waals surface area contributed by atoms with Crippen LogP contribution < -0.4 is 0 Å². The van der Waals surface area contributed by atoms with E-state index in [-0.39, 0.29) is 17.8 Å². The van der Waals surface area contributed by atoms with Gasteiger partial charge in [-0.2, -0.15) is 0 Å². The second-order valence-electron chi connectivity index (χ2n) is 6.97.